The maximum absolute atomic E-state index is 14.1. The van der Waals surface area contributed by atoms with Crippen molar-refractivity contribution in [1.82, 2.24) is 20.4 Å². The quantitative estimate of drug-likeness (QED) is 0.187. The van der Waals surface area contributed by atoms with Crippen LogP contribution in [0.3, 0.4) is 0 Å². The molecule has 284 valence electrons. The summed E-state index contributed by atoms with van der Waals surface area (Å²) >= 11 is 0. The van der Waals surface area contributed by atoms with Gasteiger partial charge >= 0.3 is 0 Å². The second kappa shape index (κ2) is 20.1. The van der Waals surface area contributed by atoms with E-state index in [2.05, 4.69) is 10.6 Å². The van der Waals surface area contributed by atoms with Crippen molar-refractivity contribution in [2.45, 2.75) is 122 Å². The molecule has 1 aliphatic rings. The summed E-state index contributed by atoms with van der Waals surface area (Å²) in [7, 11) is 6.46. The van der Waals surface area contributed by atoms with Gasteiger partial charge in [0.2, 0.25) is 23.6 Å². The van der Waals surface area contributed by atoms with Crippen LogP contribution in [0.2, 0.25) is 0 Å². The number of ether oxygens (including phenoxy) is 3. The van der Waals surface area contributed by atoms with Crippen LogP contribution in [-0.2, 0) is 39.8 Å². The molecule has 4 amide bonds. The maximum atomic E-state index is 14.1. The van der Waals surface area contributed by atoms with Crippen LogP contribution in [0.4, 0.5) is 0 Å². The summed E-state index contributed by atoms with van der Waals surface area (Å²) < 4.78 is 17.3. The van der Waals surface area contributed by atoms with Gasteiger partial charge in [-0.05, 0) is 50.5 Å². The van der Waals surface area contributed by atoms with Crippen LogP contribution in [0.1, 0.15) is 79.7 Å². The number of carbonyl (C=O) groups is 4. The Balaban J connectivity index is 2.24. The summed E-state index contributed by atoms with van der Waals surface area (Å²) in [5, 5.41) is 5.99. The molecule has 0 aromatic heterocycles. The van der Waals surface area contributed by atoms with Crippen LogP contribution in [0.15, 0.2) is 30.3 Å². The number of carbonyl (C=O) groups excluding carboxylic acids is 4. The monoisotopic (exact) mass is 703 g/mol. The molecule has 1 saturated heterocycles. The highest BCUT2D eigenvalue weighted by molar-refractivity contribution is 5.91. The molecule has 2 rings (SSSR count). The number of methoxy groups -OCH3 is 3. The van der Waals surface area contributed by atoms with E-state index in [-0.39, 0.29) is 48.1 Å². The van der Waals surface area contributed by atoms with Crippen molar-refractivity contribution in [2.75, 3.05) is 41.5 Å². The molecule has 1 aliphatic heterocycles. The fourth-order valence-electron chi connectivity index (χ4n) is 6.95. The minimum atomic E-state index is -1.15. The minimum absolute atomic E-state index is 0.0167. The van der Waals surface area contributed by atoms with Crippen molar-refractivity contribution < 1.29 is 33.4 Å². The Morgan fingerprint density at radius 2 is 1.66 bits per heavy atom. The predicted octanol–water partition coefficient (Wildman–Crippen LogP) is 3.16. The normalized spacial score (nSPS) is 19.2. The number of hydrogen-bond donors (Lipinski definition) is 3. The molecule has 0 unspecified atom stereocenters. The number of nitrogens with two attached hydrogens (primary N) is 1. The van der Waals surface area contributed by atoms with Gasteiger partial charge in [0.25, 0.3) is 0 Å². The van der Waals surface area contributed by atoms with Crippen molar-refractivity contribution in [1.29, 1.82) is 0 Å². The third-order valence-electron chi connectivity index (χ3n) is 10.1. The van der Waals surface area contributed by atoms with Crippen molar-refractivity contribution in [3.63, 3.8) is 0 Å². The highest BCUT2D eigenvalue weighted by Gasteiger charge is 2.43. The van der Waals surface area contributed by atoms with Gasteiger partial charge < -0.3 is 40.4 Å². The smallest absolute Gasteiger partial charge is 0.245 e. The summed E-state index contributed by atoms with van der Waals surface area (Å²) in [5.74, 6) is -1.72. The molecule has 0 bridgehead atoms. The number of nitrogens with one attached hydrogen (secondary N) is 2. The molecule has 12 nitrogen and oxygen atoms in total. The lowest BCUT2D eigenvalue weighted by atomic mass is 9.89. The zero-order valence-electron chi connectivity index (χ0n) is 32.4. The number of rotatable bonds is 20. The number of benzene rings is 1. The molecule has 0 radical (unpaired) electrons. The number of amides is 4. The first-order valence-corrected chi connectivity index (χ1v) is 18.1. The molecule has 1 aromatic carbocycles. The Hall–Kier alpha value is -3.06. The van der Waals surface area contributed by atoms with Crippen LogP contribution in [0.25, 0.3) is 0 Å². The predicted molar refractivity (Wildman–Crippen MR) is 195 cm³/mol. The van der Waals surface area contributed by atoms with E-state index in [4.69, 9.17) is 19.9 Å². The Morgan fingerprint density at radius 3 is 2.18 bits per heavy atom. The first-order valence-electron chi connectivity index (χ1n) is 18.1. The lowest BCUT2D eigenvalue weighted by molar-refractivity contribution is -0.148. The number of likely N-dealkylation sites (tertiary alicyclic amines) is 1. The number of hydrogen-bond acceptors (Lipinski definition) is 8. The molecular weight excluding hydrogens is 638 g/mol. The third kappa shape index (κ3) is 11.7. The van der Waals surface area contributed by atoms with Gasteiger partial charge in [0.1, 0.15) is 6.04 Å². The fraction of sp³-hybridized carbons (Fsp3) is 0.737. The molecular formula is C38H65N5O7. The lowest BCUT2D eigenvalue weighted by Crippen LogP contribution is -2.60. The average Bonchev–Trinajstić information content (AvgIpc) is 3.56. The lowest BCUT2D eigenvalue weighted by Gasteiger charge is -2.41. The molecule has 8 atom stereocenters. The molecule has 1 fully saturated rings. The van der Waals surface area contributed by atoms with Crippen LogP contribution < -0.4 is 16.4 Å². The minimum Gasteiger partial charge on any atom is -0.383 e. The summed E-state index contributed by atoms with van der Waals surface area (Å²) in [5.41, 5.74) is 5.97. The number of likely N-dealkylation sites (N-methyl/N-ethyl adjacent to an activating group) is 1. The van der Waals surface area contributed by atoms with Crippen LogP contribution >= 0.6 is 0 Å². The zero-order valence-corrected chi connectivity index (χ0v) is 32.4. The highest BCUT2D eigenvalue weighted by Crippen LogP contribution is 2.29. The molecule has 50 heavy (non-hydrogen) atoms. The SMILES string of the molecule is CC[C@H](C)[C@@H]([C@@H](CC(=O)N1CCC[C@H]1[C@H](OC)[C@@H](C)C(=O)N[C@H](COC)Cc1ccccc1)OC)N(C)C(=O)[C@@H](NC(=O)C(C)(C)N)C(C)C. The molecule has 0 spiro atoms. The van der Waals surface area contributed by atoms with Gasteiger partial charge in [-0.3, -0.25) is 19.2 Å². The van der Waals surface area contributed by atoms with Crippen molar-refractivity contribution in [2.24, 2.45) is 23.5 Å². The van der Waals surface area contributed by atoms with E-state index in [0.717, 1.165) is 18.4 Å². The zero-order chi connectivity index (χ0) is 37.8. The maximum Gasteiger partial charge on any atom is 0.245 e. The Bertz CT molecular complexity index is 1220. The first-order chi connectivity index (χ1) is 23.5. The van der Waals surface area contributed by atoms with Gasteiger partial charge in [0.15, 0.2) is 0 Å². The molecule has 1 heterocycles. The van der Waals surface area contributed by atoms with Crippen LogP contribution in [0, 0.1) is 17.8 Å². The second-order valence-electron chi connectivity index (χ2n) is 14.9. The average molecular weight is 704 g/mol. The van der Waals surface area contributed by atoms with Gasteiger partial charge in [0, 0.05) is 34.9 Å². The Kier molecular flexibility index (Phi) is 17.3. The second-order valence-corrected chi connectivity index (χ2v) is 14.9. The van der Waals surface area contributed by atoms with E-state index < -0.39 is 41.7 Å². The summed E-state index contributed by atoms with van der Waals surface area (Å²) in [6.45, 7) is 13.7. The van der Waals surface area contributed by atoms with Crippen molar-refractivity contribution >= 4 is 23.6 Å². The van der Waals surface area contributed by atoms with Gasteiger partial charge in [0.05, 0.1) is 54.8 Å². The van der Waals surface area contributed by atoms with E-state index >= 15 is 0 Å². The van der Waals surface area contributed by atoms with E-state index in [1.165, 1.54) is 0 Å². The van der Waals surface area contributed by atoms with Crippen molar-refractivity contribution in [3.05, 3.63) is 35.9 Å². The Labute approximate surface area is 300 Å². The van der Waals surface area contributed by atoms with E-state index in [0.29, 0.717) is 26.0 Å². The van der Waals surface area contributed by atoms with Gasteiger partial charge in [-0.25, -0.2) is 0 Å². The summed E-state index contributed by atoms with van der Waals surface area (Å²) in [6.07, 6.45) is 1.74. The van der Waals surface area contributed by atoms with Gasteiger partial charge in [-0.2, -0.15) is 0 Å². The Morgan fingerprint density at radius 1 is 1.02 bits per heavy atom. The van der Waals surface area contributed by atoms with Crippen LogP contribution in [0.5, 0.6) is 0 Å². The standard InChI is InChI=1S/C38H65N5O7/c1-12-25(4)33(42(8)36(46)32(24(2)3)41-37(47)38(6,7)39)30(49-10)22-31(44)43-20-16-19-29(43)34(50-11)26(5)35(45)40-28(23-48-9)21-27-17-14-13-15-18-27/h13-15,17-18,24-26,28-30,32-34H,12,16,19-23,39H2,1-11H3,(H,40,45)(H,41,47)/t25-,26+,28-,29-,30+,32-,33-,34+/m0/s1. The van der Waals surface area contributed by atoms with Gasteiger partial charge in [-0.1, -0.05) is 71.4 Å². The molecule has 12 heteroatoms. The molecule has 4 N–H and O–H groups in total. The van der Waals surface area contributed by atoms with Crippen molar-refractivity contribution in [3.8, 4) is 0 Å². The molecule has 0 saturated carbocycles. The molecule has 0 aliphatic carbocycles. The van der Waals surface area contributed by atoms with Crippen LogP contribution in [-0.4, -0.2) is 117 Å². The highest BCUT2D eigenvalue weighted by atomic mass is 16.5. The fourth-order valence-corrected chi connectivity index (χ4v) is 6.95. The topological polar surface area (TPSA) is 153 Å². The van der Waals surface area contributed by atoms with E-state index in [9.17, 15) is 19.2 Å². The summed E-state index contributed by atoms with van der Waals surface area (Å²) in [4.78, 5) is 57.9. The van der Waals surface area contributed by atoms with E-state index in [1.54, 1.807) is 47.1 Å². The largest absolute Gasteiger partial charge is 0.383 e. The van der Waals surface area contributed by atoms with Gasteiger partial charge in [-0.15, -0.1) is 0 Å². The summed E-state index contributed by atoms with van der Waals surface area (Å²) in [6, 6.07) is 8.17. The first kappa shape index (κ1) is 43.1. The third-order valence-corrected chi connectivity index (χ3v) is 10.1. The molecule has 1 aromatic rings. The van der Waals surface area contributed by atoms with E-state index in [1.807, 2.05) is 69.9 Å². The number of nitrogens with zero attached hydrogens (tertiary/aromatic N) is 2.